The van der Waals surface area contributed by atoms with Crippen LogP contribution in [0.1, 0.15) is 36.1 Å². The largest absolute Gasteiger partial charge is 0.493 e. The van der Waals surface area contributed by atoms with Crippen LogP contribution in [-0.2, 0) is 0 Å². The van der Waals surface area contributed by atoms with Gasteiger partial charge in [-0.2, -0.15) is 10.5 Å². The van der Waals surface area contributed by atoms with E-state index in [0.717, 1.165) is 6.42 Å². The Balaban J connectivity index is 2.21. The smallest absolute Gasteiger partial charge is 0.211 e. The molecular formula is C19H19BrN8O2. The average molecular weight is 471 g/mol. The first-order valence-electron chi connectivity index (χ1n) is 8.94. The van der Waals surface area contributed by atoms with E-state index in [9.17, 15) is 5.26 Å². The van der Waals surface area contributed by atoms with Gasteiger partial charge in [-0.05, 0) is 40.0 Å². The fraction of sp³-hybridized carbons (Fsp3) is 0.263. The maximum absolute atomic E-state index is 9.43. The molecule has 0 spiro atoms. The Kier molecular flexibility index (Phi) is 6.14. The zero-order chi connectivity index (χ0) is 21.8. The second kappa shape index (κ2) is 8.76. The van der Waals surface area contributed by atoms with Gasteiger partial charge in [-0.15, -0.1) is 0 Å². The standard InChI is InChI=1S/C19H19BrN8O2/c1-3-4-30-16-11(20)5-9(6-12(16)29-2)15-13-14(23)10(7-21)17(24)27-18(13)28-19(26-15)25-8-22/h5-6,15H,3-4H2,1-2H3,(H6,23,24,25,26,27,28). The summed E-state index contributed by atoms with van der Waals surface area (Å²) in [6.07, 6.45) is 2.66. The molecule has 1 aliphatic rings. The molecule has 1 aromatic heterocycles. The predicted molar refractivity (Wildman–Crippen MR) is 116 cm³/mol. The van der Waals surface area contributed by atoms with Gasteiger partial charge in [-0.3, -0.25) is 5.32 Å². The van der Waals surface area contributed by atoms with Crippen LogP contribution in [-0.4, -0.2) is 24.7 Å². The summed E-state index contributed by atoms with van der Waals surface area (Å²) in [4.78, 5) is 8.78. The number of hydrogen-bond donors (Lipinski definition) is 4. The van der Waals surface area contributed by atoms with Gasteiger partial charge in [0.15, 0.2) is 17.7 Å². The second-order valence-corrected chi connectivity index (χ2v) is 7.14. The van der Waals surface area contributed by atoms with Crippen molar-refractivity contribution < 1.29 is 9.47 Å². The number of anilines is 3. The Morgan fingerprint density at radius 1 is 1.33 bits per heavy atom. The maximum Gasteiger partial charge on any atom is 0.211 e. The highest BCUT2D eigenvalue weighted by atomic mass is 79.9. The SMILES string of the molecule is CCCOc1c(Br)cc(C2N=C(NC#N)Nc3nc(N)c(C#N)c(N)c32)cc1OC. The Hall–Kier alpha value is -3.70. The van der Waals surface area contributed by atoms with E-state index >= 15 is 0 Å². The lowest BCUT2D eigenvalue weighted by Gasteiger charge is -2.27. The molecule has 1 unspecified atom stereocenters. The minimum atomic E-state index is -0.678. The van der Waals surface area contributed by atoms with Crippen molar-refractivity contribution >= 4 is 39.2 Å². The number of fused-ring (bicyclic) bond motifs is 1. The van der Waals surface area contributed by atoms with Gasteiger partial charge in [0.05, 0.1) is 23.9 Å². The number of nitrogens with one attached hydrogen (secondary N) is 2. The van der Waals surface area contributed by atoms with Crippen LogP contribution in [0.5, 0.6) is 11.5 Å². The maximum atomic E-state index is 9.43. The summed E-state index contributed by atoms with van der Waals surface area (Å²) >= 11 is 3.52. The number of benzene rings is 1. The first kappa shape index (κ1) is 21.0. The van der Waals surface area contributed by atoms with Crippen molar-refractivity contribution in [1.82, 2.24) is 10.3 Å². The van der Waals surface area contributed by atoms with Crippen molar-refractivity contribution in [2.45, 2.75) is 19.4 Å². The summed E-state index contributed by atoms with van der Waals surface area (Å²) in [5, 5.41) is 23.8. The van der Waals surface area contributed by atoms with Gasteiger partial charge in [0.2, 0.25) is 5.96 Å². The molecule has 10 nitrogen and oxygen atoms in total. The quantitative estimate of drug-likeness (QED) is 0.378. The summed E-state index contributed by atoms with van der Waals surface area (Å²) in [6, 6.07) is 4.89. The molecule has 0 aliphatic carbocycles. The zero-order valence-corrected chi connectivity index (χ0v) is 17.9. The molecule has 2 aromatic rings. The minimum Gasteiger partial charge on any atom is -0.493 e. The van der Waals surface area contributed by atoms with Crippen LogP contribution in [0.2, 0.25) is 0 Å². The second-order valence-electron chi connectivity index (χ2n) is 6.28. The van der Waals surface area contributed by atoms with Gasteiger partial charge in [-0.1, -0.05) is 6.92 Å². The van der Waals surface area contributed by atoms with Crippen LogP contribution in [0, 0.1) is 22.8 Å². The number of nitrogens with two attached hydrogens (primary N) is 2. The number of pyridine rings is 1. The van der Waals surface area contributed by atoms with Gasteiger partial charge >= 0.3 is 0 Å². The molecule has 0 bridgehead atoms. The summed E-state index contributed by atoms with van der Waals surface area (Å²) < 4.78 is 12.0. The Bertz CT molecular complexity index is 1100. The first-order valence-corrected chi connectivity index (χ1v) is 9.73. The number of methoxy groups -OCH3 is 1. The van der Waals surface area contributed by atoms with Crippen molar-refractivity contribution in [2.24, 2.45) is 4.99 Å². The molecule has 0 saturated carbocycles. The van der Waals surface area contributed by atoms with E-state index in [1.807, 2.05) is 25.3 Å². The molecule has 3 rings (SSSR count). The van der Waals surface area contributed by atoms with Gasteiger partial charge in [0.25, 0.3) is 0 Å². The molecule has 0 amide bonds. The van der Waals surface area contributed by atoms with Crippen molar-refractivity contribution in [3.05, 3.63) is 33.3 Å². The number of ether oxygens (including phenoxy) is 2. The van der Waals surface area contributed by atoms with E-state index in [0.29, 0.717) is 39.5 Å². The zero-order valence-electron chi connectivity index (χ0n) is 16.3. The Morgan fingerprint density at radius 3 is 2.73 bits per heavy atom. The lowest BCUT2D eigenvalue weighted by Crippen LogP contribution is -2.32. The average Bonchev–Trinajstić information content (AvgIpc) is 2.72. The molecule has 30 heavy (non-hydrogen) atoms. The van der Waals surface area contributed by atoms with Crippen molar-refractivity contribution in [2.75, 3.05) is 30.5 Å². The van der Waals surface area contributed by atoms with E-state index < -0.39 is 6.04 Å². The molecule has 11 heteroatoms. The van der Waals surface area contributed by atoms with E-state index in [2.05, 4.69) is 36.5 Å². The number of aliphatic imine (C=N–C) groups is 1. The van der Waals surface area contributed by atoms with E-state index in [1.165, 1.54) is 7.11 Å². The van der Waals surface area contributed by atoms with Gasteiger partial charge in [0.1, 0.15) is 29.3 Å². The third-order valence-corrected chi connectivity index (χ3v) is 4.96. The van der Waals surface area contributed by atoms with E-state index in [1.54, 1.807) is 6.07 Å². The van der Waals surface area contributed by atoms with Crippen LogP contribution in [0.3, 0.4) is 0 Å². The van der Waals surface area contributed by atoms with Crippen LogP contribution in [0.15, 0.2) is 21.6 Å². The molecule has 0 fully saturated rings. The Morgan fingerprint density at radius 2 is 2.10 bits per heavy atom. The van der Waals surface area contributed by atoms with Gasteiger partial charge < -0.3 is 26.3 Å². The monoisotopic (exact) mass is 470 g/mol. The summed E-state index contributed by atoms with van der Waals surface area (Å²) in [6.45, 7) is 2.54. The molecule has 154 valence electrons. The fourth-order valence-corrected chi connectivity index (χ4v) is 3.64. The highest BCUT2D eigenvalue weighted by molar-refractivity contribution is 9.10. The molecular weight excluding hydrogens is 452 g/mol. The number of rotatable bonds is 5. The number of halogens is 1. The fourth-order valence-electron chi connectivity index (χ4n) is 3.06. The van der Waals surface area contributed by atoms with Gasteiger partial charge in [0, 0.05) is 5.56 Å². The van der Waals surface area contributed by atoms with Gasteiger partial charge in [-0.25, -0.2) is 9.98 Å². The topological polar surface area (TPSA) is 167 Å². The molecule has 2 heterocycles. The van der Waals surface area contributed by atoms with Crippen LogP contribution < -0.4 is 31.6 Å². The lowest BCUT2D eigenvalue weighted by molar-refractivity contribution is 0.292. The van der Waals surface area contributed by atoms with Crippen LogP contribution in [0.25, 0.3) is 0 Å². The highest BCUT2D eigenvalue weighted by Gasteiger charge is 2.30. The van der Waals surface area contributed by atoms with Crippen molar-refractivity contribution in [3.8, 4) is 23.8 Å². The minimum absolute atomic E-state index is 0.0136. The summed E-state index contributed by atoms with van der Waals surface area (Å²) in [5.41, 5.74) is 13.5. The van der Waals surface area contributed by atoms with Crippen molar-refractivity contribution in [3.63, 3.8) is 0 Å². The molecule has 1 aromatic carbocycles. The Labute approximate surface area is 181 Å². The number of nitrogens with zero attached hydrogens (tertiary/aromatic N) is 4. The summed E-state index contributed by atoms with van der Waals surface area (Å²) in [7, 11) is 1.54. The molecule has 1 aliphatic heterocycles. The highest BCUT2D eigenvalue weighted by Crippen LogP contribution is 2.44. The lowest BCUT2D eigenvalue weighted by atomic mass is 9.95. The molecule has 0 saturated heterocycles. The third-order valence-electron chi connectivity index (χ3n) is 4.38. The van der Waals surface area contributed by atoms with Crippen LogP contribution >= 0.6 is 15.9 Å². The van der Waals surface area contributed by atoms with Crippen LogP contribution in [0.4, 0.5) is 17.3 Å². The molecule has 0 radical (unpaired) electrons. The number of guanidine groups is 1. The van der Waals surface area contributed by atoms with Crippen molar-refractivity contribution in [1.29, 1.82) is 10.5 Å². The van der Waals surface area contributed by atoms with E-state index in [-0.39, 0.29) is 23.0 Å². The number of aromatic nitrogens is 1. The number of hydrogen-bond acceptors (Lipinski definition) is 10. The first-order chi connectivity index (χ1) is 14.4. The number of nitriles is 2. The third kappa shape index (κ3) is 3.75. The molecule has 6 N–H and O–H groups in total. The predicted octanol–water partition coefficient (Wildman–Crippen LogP) is 2.62. The summed E-state index contributed by atoms with van der Waals surface area (Å²) in [5.74, 6) is 1.54. The number of nitrogen functional groups attached to an aromatic ring is 2. The molecule has 1 atom stereocenters. The normalized spacial score (nSPS) is 14.4. The van der Waals surface area contributed by atoms with E-state index in [4.69, 9.17) is 26.2 Å².